The van der Waals surface area contributed by atoms with E-state index in [0.29, 0.717) is 18.6 Å². The van der Waals surface area contributed by atoms with Gasteiger partial charge in [-0.2, -0.15) is 0 Å². The van der Waals surface area contributed by atoms with E-state index in [1.165, 1.54) is 6.42 Å². The van der Waals surface area contributed by atoms with Gasteiger partial charge in [-0.3, -0.25) is 0 Å². The maximum Gasteiger partial charge on any atom is 0.409 e. The van der Waals surface area contributed by atoms with Gasteiger partial charge >= 0.3 is 6.09 Å². The van der Waals surface area contributed by atoms with Crippen LogP contribution >= 0.6 is 12.4 Å². The van der Waals surface area contributed by atoms with Crippen LogP contribution in [0.1, 0.15) is 13.3 Å². The summed E-state index contributed by atoms with van der Waals surface area (Å²) in [6.07, 6.45) is 1.04. The number of ether oxygens (including phenoxy) is 1. The molecule has 2 aliphatic heterocycles. The molecule has 0 aromatic carbocycles. The van der Waals surface area contributed by atoms with Crippen LogP contribution in [0.2, 0.25) is 0 Å². The van der Waals surface area contributed by atoms with Crippen LogP contribution < -0.4 is 5.32 Å². The first-order valence-electron chi connectivity index (χ1n) is 4.96. The second-order valence-corrected chi connectivity index (χ2v) is 3.71. The Morgan fingerprint density at radius 1 is 1.57 bits per heavy atom. The molecule has 2 saturated heterocycles. The zero-order valence-electron chi connectivity index (χ0n) is 8.36. The molecule has 0 unspecified atom stereocenters. The normalized spacial score (nSPS) is 29.6. The lowest BCUT2D eigenvalue weighted by atomic mass is 10.1. The van der Waals surface area contributed by atoms with Crippen molar-refractivity contribution in [2.24, 2.45) is 5.92 Å². The molecule has 2 atom stereocenters. The third-order valence-electron chi connectivity index (χ3n) is 2.89. The minimum absolute atomic E-state index is 0. The molecule has 0 aromatic rings. The van der Waals surface area contributed by atoms with Crippen molar-refractivity contribution in [1.29, 1.82) is 0 Å². The maximum atomic E-state index is 11.4. The minimum atomic E-state index is -0.154. The smallest absolute Gasteiger partial charge is 0.409 e. The summed E-state index contributed by atoms with van der Waals surface area (Å²) in [5, 5.41) is 3.40. The second kappa shape index (κ2) is 4.84. The fourth-order valence-electron chi connectivity index (χ4n) is 2.21. The van der Waals surface area contributed by atoms with Crippen LogP contribution in [0.4, 0.5) is 4.79 Å². The molecule has 0 spiro atoms. The van der Waals surface area contributed by atoms with Gasteiger partial charge in [-0.25, -0.2) is 4.79 Å². The molecule has 0 radical (unpaired) electrons. The van der Waals surface area contributed by atoms with Crippen molar-refractivity contribution >= 4 is 18.5 Å². The number of fused-ring (bicyclic) bond motifs is 1. The average Bonchev–Trinajstić information content (AvgIpc) is 2.61. The van der Waals surface area contributed by atoms with Crippen molar-refractivity contribution < 1.29 is 9.53 Å². The molecule has 2 fully saturated rings. The molecular weight excluding hydrogens is 204 g/mol. The van der Waals surface area contributed by atoms with Crippen LogP contribution in [-0.4, -0.2) is 43.3 Å². The zero-order chi connectivity index (χ0) is 9.26. The first-order chi connectivity index (χ1) is 6.31. The molecule has 82 valence electrons. The molecule has 0 saturated carbocycles. The van der Waals surface area contributed by atoms with E-state index in [4.69, 9.17) is 4.74 Å². The van der Waals surface area contributed by atoms with E-state index in [-0.39, 0.29) is 18.5 Å². The third kappa shape index (κ3) is 2.12. The standard InChI is InChI=1S/C9H16N2O2.ClH/c1-2-13-9(12)11-5-7-3-4-10-8(7)6-11;/h7-8,10H,2-6H2,1H3;1H/t7-,8-;/m1./s1. The Kier molecular flexibility index (Phi) is 4.01. The Morgan fingerprint density at radius 2 is 2.36 bits per heavy atom. The Hall–Kier alpha value is -0.480. The highest BCUT2D eigenvalue weighted by molar-refractivity contribution is 5.85. The Balaban J connectivity index is 0.000000980. The summed E-state index contributed by atoms with van der Waals surface area (Å²) in [4.78, 5) is 13.2. The van der Waals surface area contributed by atoms with Crippen LogP contribution in [0.25, 0.3) is 0 Å². The fourth-order valence-corrected chi connectivity index (χ4v) is 2.21. The highest BCUT2D eigenvalue weighted by Crippen LogP contribution is 2.24. The lowest BCUT2D eigenvalue weighted by Crippen LogP contribution is -2.34. The SMILES string of the molecule is CCOC(=O)N1C[C@H]2CCN[C@@H]2C1.Cl. The maximum absolute atomic E-state index is 11.4. The molecule has 5 heteroatoms. The summed E-state index contributed by atoms with van der Waals surface area (Å²) in [6, 6.07) is 0.518. The predicted molar refractivity (Wildman–Crippen MR) is 55.7 cm³/mol. The Morgan fingerprint density at radius 3 is 3.00 bits per heavy atom. The number of rotatable bonds is 1. The lowest BCUT2D eigenvalue weighted by molar-refractivity contribution is 0.113. The largest absolute Gasteiger partial charge is 0.450 e. The summed E-state index contributed by atoms with van der Waals surface area (Å²) >= 11 is 0. The van der Waals surface area contributed by atoms with E-state index >= 15 is 0 Å². The first kappa shape index (κ1) is 11.6. The van der Waals surface area contributed by atoms with Crippen LogP contribution in [0.5, 0.6) is 0 Å². The Labute approximate surface area is 90.4 Å². The summed E-state index contributed by atoms with van der Waals surface area (Å²) in [7, 11) is 0. The monoisotopic (exact) mass is 220 g/mol. The third-order valence-corrected chi connectivity index (χ3v) is 2.89. The van der Waals surface area contributed by atoms with Crippen LogP contribution in [-0.2, 0) is 4.74 Å². The molecular formula is C9H17ClN2O2. The molecule has 0 bridgehead atoms. The molecule has 14 heavy (non-hydrogen) atoms. The number of nitrogens with one attached hydrogen (secondary N) is 1. The van der Waals surface area contributed by atoms with E-state index in [2.05, 4.69) is 5.32 Å². The van der Waals surface area contributed by atoms with Crippen LogP contribution in [0, 0.1) is 5.92 Å². The summed E-state index contributed by atoms with van der Waals surface area (Å²) in [6.45, 7) is 5.11. The van der Waals surface area contributed by atoms with Gasteiger partial charge in [-0.15, -0.1) is 12.4 Å². The van der Waals surface area contributed by atoms with Gasteiger partial charge in [-0.1, -0.05) is 0 Å². The van der Waals surface area contributed by atoms with Gasteiger partial charge in [-0.05, 0) is 25.8 Å². The number of likely N-dealkylation sites (tertiary alicyclic amines) is 1. The molecule has 2 rings (SSSR count). The summed E-state index contributed by atoms with van der Waals surface area (Å²) in [5.74, 6) is 0.657. The van der Waals surface area contributed by atoms with E-state index in [9.17, 15) is 4.79 Å². The summed E-state index contributed by atoms with van der Waals surface area (Å²) < 4.78 is 4.95. The average molecular weight is 221 g/mol. The van der Waals surface area contributed by atoms with Crippen molar-refractivity contribution in [3.8, 4) is 0 Å². The topological polar surface area (TPSA) is 41.6 Å². The van der Waals surface area contributed by atoms with E-state index in [1.54, 1.807) is 0 Å². The molecule has 1 amide bonds. The number of hydrogen-bond donors (Lipinski definition) is 1. The first-order valence-corrected chi connectivity index (χ1v) is 4.96. The van der Waals surface area contributed by atoms with Gasteiger partial charge in [0.2, 0.25) is 0 Å². The van der Waals surface area contributed by atoms with Crippen molar-refractivity contribution in [2.45, 2.75) is 19.4 Å². The zero-order valence-corrected chi connectivity index (χ0v) is 9.18. The molecule has 2 heterocycles. The van der Waals surface area contributed by atoms with Crippen LogP contribution in [0.3, 0.4) is 0 Å². The molecule has 0 aliphatic carbocycles. The van der Waals surface area contributed by atoms with Gasteiger partial charge in [0.1, 0.15) is 0 Å². The highest BCUT2D eigenvalue weighted by atomic mass is 35.5. The molecule has 0 aromatic heterocycles. The second-order valence-electron chi connectivity index (χ2n) is 3.71. The molecule has 4 nitrogen and oxygen atoms in total. The molecule has 1 N–H and O–H groups in total. The van der Waals surface area contributed by atoms with Crippen molar-refractivity contribution in [3.05, 3.63) is 0 Å². The van der Waals surface area contributed by atoms with Gasteiger partial charge in [0.05, 0.1) is 6.61 Å². The number of carbonyl (C=O) groups excluding carboxylic acids is 1. The quantitative estimate of drug-likeness (QED) is 0.713. The van der Waals surface area contributed by atoms with Crippen molar-refractivity contribution in [2.75, 3.05) is 26.2 Å². The number of halogens is 1. The fraction of sp³-hybridized carbons (Fsp3) is 0.889. The van der Waals surface area contributed by atoms with Gasteiger partial charge in [0.15, 0.2) is 0 Å². The lowest BCUT2D eigenvalue weighted by Gasteiger charge is -2.16. The minimum Gasteiger partial charge on any atom is -0.450 e. The van der Waals surface area contributed by atoms with E-state index < -0.39 is 0 Å². The summed E-state index contributed by atoms with van der Waals surface area (Å²) in [5.41, 5.74) is 0. The predicted octanol–water partition coefficient (Wildman–Crippen LogP) is 0.858. The molecule has 2 aliphatic rings. The van der Waals surface area contributed by atoms with Crippen molar-refractivity contribution in [3.63, 3.8) is 0 Å². The number of carbonyl (C=O) groups is 1. The number of amides is 1. The van der Waals surface area contributed by atoms with Gasteiger partial charge in [0.25, 0.3) is 0 Å². The number of hydrogen-bond acceptors (Lipinski definition) is 3. The van der Waals surface area contributed by atoms with E-state index in [1.807, 2.05) is 11.8 Å². The Bertz CT molecular complexity index is 201. The van der Waals surface area contributed by atoms with Gasteiger partial charge < -0.3 is 15.0 Å². The van der Waals surface area contributed by atoms with Gasteiger partial charge in [0, 0.05) is 19.1 Å². The van der Waals surface area contributed by atoms with Crippen molar-refractivity contribution in [1.82, 2.24) is 10.2 Å². The number of nitrogens with zero attached hydrogens (tertiary/aromatic N) is 1. The van der Waals surface area contributed by atoms with Crippen LogP contribution in [0.15, 0.2) is 0 Å². The van der Waals surface area contributed by atoms with E-state index in [0.717, 1.165) is 19.6 Å². The highest BCUT2D eigenvalue weighted by Gasteiger charge is 2.38.